The number of rotatable bonds is 2. The first-order chi connectivity index (χ1) is 4.29. The van der Waals surface area contributed by atoms with E-state index in [4.69, 9.17) is 0 Å². The van der Waals surface area contributed by atoms with Gasteiger partial charge in [-0.05, 0) is 24.4 Å². The standard InChI is InChI=1S/C7H7OS/c1-6(8)5-7-3-2-4-9-7/h2,4H,5H2,1H3. The molecule has 0 aliphatic heterocycles. The first-order valence-electron chi connectivity index (χ1n) is 2.72. The van der Waals surface area contributed by atoms with Crippen LogP contribution in [0.3, 0.4) is 0 Å². The molecule has 1 nitrogen and oxygen atoms in total. The topological polar surface area (TPSA) is 17.1 Å². The molecule has 0 fully saturated rings. The predicted molar refractivity (Wildman–Crippen MR) is 37.5 cm³/mol. The average molecular weight is 139 g/mol. The maximum absolute atomic E-state index is 10.5. The maximum atomic E-state index is 10.5. The minimum atomic E-state index is 0.203. The van der Waals surface area contributed by atoms with Crippen LogP contribution in [-0.4, -0.2) is 5.78 Å². The summed E-state index contributed by atoms with van der Waals surface area (Å²) in [6, 6.07) is 4.80. The molecule has 0 aliphatic carbocycles. The minimum Gasteiger partial charge on any atom is -0.300 e. The number of hydrogen-bond donors (Lipinski definition) is 0. The zero-order valence-corrected chi connectivity index (χ0v) is 5.99. The van der Waals surface area contributed by atoms with Gasteiger partial charge in [0.1, 0.15) is 5.78 Å². The molecule has 2 heteroatoms. The summed E-state index contributed by atoms with van der Waals surface area (Å²) in [5, 5.41) is 1.93. The van der Waals surface area contributed by atoms with E-state index in [1.54, 1.807) is 18.3 Å². The van der Waals surface area contributed by atoms with Gasteiger partial charge in [0.25, 0.3) is 0 Å². The van der Waals surface area contributed by atoms with Crippen molar-refractivity contribution in [2.45, 2.75) is 13.3 Å². The number of hydrogen-bond acceptors (Lipinski definition) is 2. The SMILES string of the molecule is CC(=O)Cc1[c]ccs1. The molecule has 0 aliphatic rings. The fourth-order valence-corrected chi connectivity index (χ4v) is 1.32. The van der Waals surface area contributed by atoms with Crippen LogP contribution in [0, 0.1) is 6.07 Å². The second-order valence-corrected chi connectivity index (χ2v) is 2.87. The lowest BCUT2D eigenvalue weighted by molar-refractivity contribution is -0.116. The quantitative estimate of drug-likeness (QED) is 0.609. The van der Waals surface area contributed by atoms with E-state index in [2.05, 4.69) is 6.07 Å². The third-order valence-corrected chi connectivity index (χ3v) is 1.75. The molecule has 0 aromatic carbocycles. The monoisotopic (exact) mass is 139 g/mol. The van der Waals surface area contributed by atoms with Crippen LogP contribution in [0.25, 0.3) is 0 Å². The molecule has 0 saturated heterocycles. The molecule has 9 heavy (non-hydrogen) atoms. The number of thiophene rings is 1. The van der Waals surface area contributed by atoms with Gasteiger partial charge >= 0.3 is 0 Å². The summed E-state index contributed by atoms with van der Waals surface area (Å²) < 4.78 is 0. The highest BCUT2D eigenvalue weighted by Crippen LogP contribution is 2.07. The molecule has 0 N–H and O–H groups in total. The first kappa shape index (κ1) is 6.49. The van der Waals surface area contributed by atoms with Crippen LogP contribution in [0.5, 0.6) is 0 Å². The van der Waals surface area contributed by atoms with Crippen LogP contribution in [0.1, 0.15) is 11.8 Å². The van der Waals surface area contributed by atoms with Crippen molar-refractivity contribution in [3.05, 3.63) is 22.4 Å². The van der Waals surface area contributed by atoms with Gasteiger partial charge in [0, 0.05) is 11.3 Å². The van der Waals surface area contributed by atoms with Crippen molar-refractivity contribution in [3.8, 4) is 0 Å². The molecule has 1 aromatic heterocycles. The van der Waals surface area contributed by atoms with Gasteiger partial charge in [-0.1, -0.05) is 0 Å². The van der Waals surface area contributed by atoms with E-state index >= 15 is 0 Å². The average Bonchev–Trinajstić information content (AvgIpc) is 2.15. The molecular weight excluding hydrogens is 132 g/mol. The van der Waals surface area contributed by atoms with E-state index in [0.29, 0.717) is 6.42 Å². The number of carbonyl (C=O) groups is 1. The smallest absolute Gasteiger partial charge is 0.135 e. The first-order valence-corrected chi connectivity index (χ1v) is 3.60. The van der Waals surface area contributed by atoms with E-state index < -0.39 is 0 Å². The second-order valence-electron chi connectivity index (χ2n) is 1.87. The fraction of sp³-hybridized carbons (Fsp3) is 0.286. The van der Waals surface area contributed by atoms with Crippen molar-refractivity contribution in [1.29, 1.82) is 0 Å². The molecule has 0 bridgehead atoms. The van der Waals surface area contributed by atoms with Gasteiger partial charge in [-0.15, -0.1) is 11.3 Å². The second kappa shape index (κ2) is 2.78. The molecule has 0 unspecified atom stereocenters. The molecule has 1 heterocycles. The Morgan fingerprint density at radius 3 is 3.11 bits per heavy atom. The minimum absolute atomic E-state index is 0.203. The lowest BCUT2D eigenvalue weighted by atomic mass is 10.3. The van der Waals surface area contributed by atoms with Crippen LogP contribution in [-0.2, 0) is 11.2 Å². The van der Waals surface area contributed by atoms with Crippen molar-refractivity contribution in [2.24, 2.45) is 0 Å². The van der Waals surface area contributed by atoms with Crippen molar-refractivity contribution in [1.82, 2.24) is 0 Å². The van der Waals surface area contributed by atoms with Gasteiger partial charge in [0.2, 0.25) is 0 Å². The summed E-state index contributed by atoms with van der Waals surface area (Å²) in [7, 11) is 0. The Morgan fingerprint density at radius 2 is 2.67 bits per heavy atom. The lowest BCUT2D eigenvalue weighted by Crippen LogP contribution is -1.92. The summed E-state index contributed by atoms with van der Waals surface area (Å²) >= 11 is 1.57. The van der Waals surface area contributed by atoms with Crippen molar-refractivity contribution in [2.75, 3.05) is 0 Å². The number of ketones is 1. The molecule has 1 rings (SSSR count). The Morgan fingerprint density at radius 1 is 1.89 bits per heavy atom. The molecule has 0 spiro atoms. The van der Waals surface area contributed by atoms with Crippen LogP contribution in [0.4, 0.5) is 0 Å². The van der Waals surface area contributed by atoms with Crippen molar-refractivity contribution in [3.63, 3.8) is 0 Å². The van der Waals surface area contributed by atoms with Crippen molar-refractivity contribution < 1.29 is 4.79 Å². The summed E-state index contributed by atoms with van der Waals surface area (Å²) in [6.45, 7) is 1.59. The van der Waals surface area contributed by atoms with E-state index in [0.717, 1.165) is 4.88 Å². The van der Waals surface area contributed by atoms with Crippen LogP contribution < -0.4 is 0 Å². The van der Waals surface area contributed by atoms with Gasteiger partial charge in [0.15, 0.2) is 0 Å². The molecule has 1 aromatic rings. The molecule has 0 atom stereocenters. The van der Waals surface area contributed by atoms with Crippen molar-refractivity contribution >= 4 is 17.1 Å². The van der Waals surface area contributed by atoms with E-state index in [1.807, 2.05) is 11.4 Å². The largest absolute Gasteiger partial charge is 0.300 e. The highest BCUT2D eigenvalue weighted by atomic mass is 32.1. The van der Waals surface area contributed by atoms with E-state index in [1.165, 1.54) is 0 Å². The summed E-state index contributed by atoms with van der Waals surface area (Å²) in [5.74, 6) is 0.203. The van der Waals surface area contributed by atoms with Gasteiger partial charge in [-0.2, -0.15) is 0 Å². The predicted octanol–water partition coefficient (Wildman–Crippen LogP) is 1.68. The zero-order chi connectivity index (χ0) is 6.69. The highest BCUT2D eigenvalue weighted by Gasteiger charge is 1.96. The third kappa shape index (κ3) is 1.98. The normalized spacial score (nSPS) is 9.44. The lowest BCUT2D eigenvalue weighted by Gasteiger charge is -1.85. The van der Waals surface area contributed by atoms with E-state index in [-0.39, 0.29) is 5.78 Å². The summed E-state index contributed by atoms with van der Waals surface area (Å²) in [5.41, 5.74) is 0. The molecule has 0 saturated carbocycles. The van der Waals surface area contributed by atoms with Crippen LogP contribution in [0.15, 0.2) is 11.4 Å². The van der Waals surface area contributed by atoms with E-state index in [9.17, 15) is 4.79 Å². The molecule has 47 valence electrons. The zero-order valence-electron chi connectivity index (χ0n) is 5.18. The van der Waals surface area contributed by atoms with Gasteiger partial charge in [-0.3, -0.25) is 4.79 Å². The Hall–Kier alpha value is -0.630. The Balaban J connectivity index is 2.58. The Labute approximate surface area is 58.3 Å². The molecule has 0 amide bonds. The summed E-state index contributed by atoms with van der Waals surface area (Å²) in [6.07, 6.45) is 0.539. The van der Waals surface area contributed by atoms with Crippen LogP contribution >= 0.6 is 11.3 Å². The Bertz CT molecular complexity index is 189. The van der Waals surface area contributed by atoms with Gasteiger partial charge in [-0.25, -0.2) is 0 Å². The Kier molecular flexibility index (Phi) is 2.01. The summed E-state index contributed by atoms with van der Waals surface area (Å²) in [4.78, 5) is 11.5. The van der Waals surface area contributed by atoms with Gasteiger partial charge in [0.05, 0.1) is 0 Å². The fourth-order valence-electron chi connectivity index (χ4n) is 0.596. The number of carbonyl (C=O) groups excluding carboxylic acids is 1. The number of Topliss-reactive ketones (excluding diaryl/α,β-unsaturated/α-hetero) is 1. The highest BCUT2D eigenvalue weighted by molar-refractivity contribution is 7.10. The maximum Gasteiger partial charge on any atom is 0.135 e. The van der Waals surface area contributed by atoms with Crippen LogP contribution in [0.2, 0.25) is 0 Å². The molecule has 1 radical (unpaired) electrons. The van der Waals surface area contributed by atoms with Gasteiger partial charge < -0.3 is 0 Å². The third-order valence-electron chi connectivity index (χ3n) is 0.932. The molecular formula is C7H7OS.